The van der Waals surface area contributed by atoms with Gasteiger partial charge in [-0.05, 0) is 7.05 Å². The molecule has 0 aromatic carbocycles. The highest BCUT2D eigenvalue weighted by atomic mass is 33.1. The summed E-state index contributed by atoms with van der Waals surface area (Å²) < 4.78 is 0.270. The molecule has 12 heavy (non-hydrogen) atoms. The molecule has 0 aliphatic carbocycles. The lowest BCUT2D eigenvalue weighted by Gasteiger charge is -2.17. The third-order valence-electron chi connectivity index (χ3n) is 1.09. The first-order chi connectivity index (χ1) is 5.49. The van der Waals surface area contributed by atoms with Crippen molar-refractivity contribution < 1.29 is 4.79 Å². The molecule has 2 nitrogen and oxygen atoms in total. The van der Waals surface area contributed by atoms with Crippen molar-refractivity contribution in [3.8, 4) is 0 Å². The van der Waals surface area contributed by atoms with Gasteiger partial charge in [0.05, 0.1) is 6.04 Å². The Balaban J connectivity index is 3.48. The first kappa shape index (κ1) is 12.3. The molecule has 1 atom stereocenters. The third-order valence-corrected chi connectivity index (χ3v) is 4.47. The van der Waals surface area contributed by atoms with Crippen LogP contribution in [0.15, 0.2) is 0 Å². The summed E-state index contributed by atoms with van der Waals surface area (Å²) in [6.07, 6.45) is 0.955. The zero-order valence-corrected chi connectivity index (χ0v) is 9.72. The minimum absolute atomic E-state index is 0.00940. The van der Waals surface area contributed by atoms with Crippen LogP contribution in [-0.4, -0.2) is 29.9 Å². The SMILES string of the molecule is CN[C@H](C=O)CSSC(C)(C)C. The Morgan fingerprint density at radius 3 is 2.42 bits per heavy atom. The summed E-state index contributed by atoms with van der Waals surface area (Å²) in [7, 11) is 5.36. The second kappa shape index (κ2) is 5.89. The van der Waals surface area contributed by atoms with E-state index in [4.69, 9.17) is 0 Å². The Kier molecular flexibility index (Phi) is 6.05. The minimum Gasteiger partial charge on any atom is -0.310 e. The standard InChI is InChI=1S/C8H17NOS2/c1-8(2,3)12-11-6-7(5-10)9-4/h5,7,9H,6H2,1-4H3/t7-/m1/s1. The molecule has 0 rings (SSSR count). The van der Waals surface area contributed by atoms with E-state index >= 15 is 0 Å². The van der Waals surface area contributed by atoms with Crippen LogP contribution in [0.3, 0.4) is 0 Å². The van der Waals surface area contributed by atoms with Crippen LogP contribution in [-0.2, 0) is 4.79 Å². The summed E-state index contributed by atoms with van der Waals surface area (Å²) in [5, 5.41) is 2.94. The Hall–Kier alpha value is 0.330. The van der Waals surface area contributed by atoms with E-state index in [1.807, 2.05) is 10.8 Å². The lowest BCUT2D eigenvalue weighted by Crippen LogP contribution is -2.28. The molecule has 72 valence electrons. The number of carbonyl (C=O) groups excluding carboxylic acids is 1. The van der Waals surface area contributed by atoms with Gasteiger partial charge in [0.1, 0.15) is 6.29 Å². The smallest absolute Gasteiger partial charge is 0.137 e. The molecule has 0 aromatic heterocycles. The van der Waals surface area contributed by atoms with Crippen molar-refractivity contribution in [3.63, 3.8) is 0 Å². The number of hydrogen-bond acceptors (Lipinski definition) is 4. The normalized spacial score (nSPS) is 14.3. The minimum atomic E-state index is -0.00940. The van der Waals surface area contributed by atoms with E-state index in [1.165, 1.54) is 0 Å². The zero-order chi connectivity index (χ0) is 9.61. The summed E-state index contributed by atoms with van der Waals surface area (Å²) in [4.78, 5) is 10.4. The molecule has 0 radical (unpaired) electrons. The van der Waals surface area contributed by atoms with Crippen molar-refractivity contribution in [2.24, 2.45) is 0 Å². The predicted octanol–water partition coefficient (Wildman–Crippen LogP) is 1.95. The van der Waals surface area contributed by atoms with Crippen LogP contribution in [0.2, 0.25) is 0 Å². The number of nitrogens with one attached hydrogen (secondary N) is 1. The van der Waals surface area contributed by atoms with Gasteiger partial charge < -0.3 is 10.1 Å². The van der Waals surface area contributed by atoms with Gasteiger partial charge in [-0.2, -0.15) is 0 Å². The van der Waals surface area contributed by atoms with Crippen LogP contribution in [0, 0.1) is 0 Å². The molecule has 0 saturated carbocycles. The molecular weight excluding hydrogens is 190 g/mol. The van der Waals surface area contributed by atoms with E-state index in [9.17, 15) is 4.79 Å². The fourth-order valence-electron chi connectivity index (χ4n) is 0.475. The fraction of sp³-hybridized carbons (Fsp3) is 0.875. The van der Waals surface area contributed by atoms with Crippen molar-refractivity contribution in [1.82, 2.24) is 5.32 Å². The average molecular weight is 207 g/mol. The quantitative estimate of drug-likeness (QED) is 0.551. The van der Waals surface area contributed by atoms with E-state index in [-0.39, 0.29) is 10.8 Å². The van der Waals surface area contributed by atoms with Gasteiger partial charge in [0.25, 0.3) is 0 Å². The monoisotopic (exact) mass is 207 g/mol. The number of aldehydes is 1. The van der Waals surface area contributed by atoms with Crippen LogP contribution in [0.4, 0.5) is 0 Å². The highest BCUT2D eigenvalue weighted by Gasteiger charge is 2.12. The van der Waals surface area contributed by atoms with Gasteiger partial charge in [0.15, 0.2) is 0 Å². The van der Waals surface area contributed by atoms with Crippen LogP contribution in [0.25, 0.3) is 0 Å². The lowest BCUT2D eigenvalue weighted by atomic mass is 10.3. The molecule has 1 N–H and O–H groups in total. The average Bonchev–Trinajstić information content (AvgIpc) is 1.96. The summed E-state index contributed by atoms with van der Waals surface area (Å²) in [6.45, 7) is 6.50. The van der Waals surface area contributed by atoms with Crippen LogP contribution >= 0.6 is 21.6 Å². The summed E-state index contributed by atoms with van der Waals surface area (Å²) in [5.74, 6) is 0.835. The molecule has 0 unspecified atom stereocenters. The first-order valence-electron chi connectivity index (χ1n) is 3.93. The van der Waals surface area contributed by atoms with Crippen molar-refractivity contribution in [2.45, 2.75) is 31.6 Å². The third kappa shape index (κ3) is 7.00. The topological polar surface area (TPSA) is 29.1 Å². The molecule has 0 fully saturated rings. The van der Waals surface area contributed by atoms with Crippen LogP contribution in [0.1, 0.15) is 20.8 Å². The Morgan fingerprint density at radius 1 is 1.50 bits per heavy atom. The molecule has 0 aliphatic heterocycles. The maximum absolute atomic E-state index is 10.4. The van der Waals surface area contributed by atoms with Crippen molar-refractivity contribution >= 4 is 27.9 Å². The molecule has 0 amide bonds. The van der Waals surface area contributed by atoms with E-state index in [1.54, 1.807) is 17.8 Å². The molecular formula is C8H17NOS2. The second-order valence-corrected chi connectivity index (χ2v) is 6.68. The highest BCUT2D eigenvalue weighted by Crippen LogP contribution is 2.34. The summed E-state index contributed by atoms with van der Waals surface area (Å²) in [6, 6.07) is -0.00940. The number of hydrogen-bond donors (Lipinski definition) is 1. The molecule has 0 aliphatic rings. The van der Waals surface area contributed by atoms with Gasteiger partial charge in [0.2, 0.25) is 0 Å². The number of carbonyl (C=O) groups is 1. The second-order valence-electron chi connectivity index (χ2n) is 3.51. The molecule has 0 aromatic rings. The summed E-state index contributed by atoms with van der Waals surface area (Å²) in [5.41, 5.74) is 0. The maximum Gasteiger partial charge on any atom is 0.137 e. The number of rotatable bonds is 5. The number of likely N-dealkylation sites (N-methyl/N-ethyl adjacent to an activating group) is 1. The lowest BCUT2D eigenvalue weighted by molar-refractivity contribution is -0.109. The van der Waals surface area contributed by atoms with E-state index < -0.39 is 0 Å². The first-order valence-corrected chi connectivity index (χ1v) is 6.24. The van der Waals surface area contributed by atoms with Gasteiger partial charge in [-0.3, -0.25) is 0 Å². The van der Waals surface area contributed by atoms with Crippen LogP contribution in [0.5, 0.6) is 0 Å². The Morgan fingerprint density at radius 2 is 2.08 bits per heavy atom. The van der Waals surface area contributed by atoms with Gasteiger partial charge in [-0.1, -0.05) is 42.4 Å². The fourth-order valence-corrected chi connectivity index (χ4v) is 2.99. The van der Waals surface area contributed by atoms with E-state index in [2.05, 4.69) is 26.1 Å². The van der Waals surface area contributed by atoms with Gasteiger partial charge >= 0.3 is 0 Å². The molecule has 0 heterocycles. The molecule has 0 saturated heterocycles. The Labute approximate surface area is 82.7 Å². The van der Waals surface area contributed by atoms with E-state index in [0.29, 0.717) is 0 Å². The molecule has 0 spiro atoms. The van der Waals surface area contributed by atoms with Gasteiger partial charge in [-0.25, -0.2) is 0 Å². The Bertz CT molecular complexity index is 134. The van der Waals surface area contributed by atoms with Gasteiger partial charge in [-0.15, -0.1) is 0 Å². The van der Waals surface area contributed by atoms with Crippen molar-refractivity contribution in [3.05, 3.63) is 0 Å². The largest absolute Gasteiger partial charge is 0.310 e. The highest BCUT2D eigenvalue weighted by molar-refractivity contribution is 8.77. The molecule has 4 heteroatoms. The van der Waals surface area contributed by atoms with Crippen molar-refractivity contribution in [2.75, 3.05) is 12.8 Å². The summed E-state index contributed by atoms with van der Waals surface area (Å²) >= 11 is 0. The van der Waals surface area contributed by atoms with Crippen molar-refractivity contribution in [1.29, 1.82) is 0 Å². The molecule has 0 bridgehead atoms. The van der Waals surface area contributed by atoms with Crippen LogP contribution < -0.4 is 5.32 Å². The van der Waals surface area contributed by atoms with Gasteiger partial charge in [0, 0.05) is 10.5 Å². The van der Waals surface area contributed by atoms with E-state index in [0.717, 1.165) is 12.0 Å². The maximum atomic E-state index is 10.4. The predicted molar refractivity (Wildman–Crippen MR) is 58.7 cm³/mol. The zero-order valence-electron chi connectivity index (χ0n) is 8.09.